The summed E-state index contributed by atoms with van der Waals surface area (Å²) in [6.45, 7) is 0. The maximum atomic E-state index is 7.15. The minimum atomic E-state index is 0.0137. The summed E-state index contributed by atoms with van der Waals surface area (Å²) in [5, 5.41) is 33.6. The smallest absolute Gasteiger partial charge is 0.0640 e. The zero-order chi connectivity index (χ0) is 39.3. The van der Waals surface area contributed by atoms with Gasteiger partial charge < -0.3 is 0 Å². The lowest BCUT2D eigenvalue weighted by atomic mass is 9.76. The second-order valence-corrected chi connectivity index (χ2v) is 32.2. The fourth-order valence-corrected chi connectivity index (χ4v) is 26.4. The molecule has 8 nitrogen and oxygen atoms in total. The van der Waals surface area contributed by atoms with Crippen LogP contribution in [0.1, 0.15) is 6.42 Å². The van der Waals surface area contributed by atoms with Gasteiger partial charge in [-0.2, -0.15) is 0 Å². The van der Waals surface area contributed by atoms with E-state index in [2.05, 4.69) is 266 Å². The molecule has 8 bridgehead atoms. The highest BCUT2D eigenvalue weighted by Crippen LogP contribution is 2.55. The summed E-state index contributed by atoms with van der Waals surface area (Å²) < 4.78 is 0. The van der Waals surface area contributed by atoms with Crippen molar-refractivity contribution >= 4 is 235 Å². The van der Waals surface area contributed by atoms with Gasteiger partial charge in [-0.05, 0) is 12.3 Å². The average molecular weight is 1690 g/mol. The first-order valence-corrected chi connectivity index (χ1v) is 32.0. The van der Waals surface area contributed by atoms with Gasteiger partial charge >= 0.3 is 0 Å². The highest BCUT2D eigenvalue weighted by Gasteiger charge is 2.64. The van der Waals surface area contributed by atoms with Crippen LogP contribution in [0, 0.1) is 47.3 Å². The number of hydrogen-bond donors (Lipinski definition) is 8. The van der Waals surface area contributed by atoms with Crippen molar-refractivity contribution in [3.05, 3.63) is 0 Å². The molecule has 5 aliphatic heterocycles. The predicted molar refractivity (Wildman–Crippen MR) is 276 cm³/mol. The number of halogens is 15. The fourth-order valence-electron chi connectivity index (χ4n) is 11.8. The Morgan fingerprint density at radius 2 is 0.455 bits per heavy atom. The maximum Gasteiger partial charge on any atom is 0.0640 e. The van der Waals surface area contributed by atoms with Gasteiger partial charge in [-0.3, -0.25) is 42.5 Å². The van der Waals surface area contributed by atoms with E-state index in [9.17, 15) is 0 Å². The molecule has 314 valence electrons. The molecule has 5 heterocycles. The van der Waals surface area contributed by atoms with Gasteiger partial charge in [0.1, 0.15) is 0 Å². The molecule has 31 unspecified atom stereocenters. The van der Waals surface area contributed by atoms with E-state index in [1.54, 1.807) is 0 Å². The van der Waals surface area contributed by atoms with Crippen molar-refractivity contribution in [3.8, 4) is 0 Å². The number of nitrogens with one attached hydrogen (secondary N) is 8. The maximum absolute atomic E-state index is 7.15. The third-order valence-corrected chi connectivity index (χ3v) is 38.4. The summed E-state index contributed by atoms with van der Waals surface area (Å²) in [5.41, 5.74) is 0. The van der Waals surface area contributed by atoms with Crippen LogP contribution in [0.25, 0.3) is 0 Å². The van der Waals surface area contributed by atoms with Crippen molar-refractivity contribution in [1.82, 2.24) is 42.5 Å². The summed E-state index contributed by atoms with van der Waals surface area (Å²) >= 11 is 65.4. The van der Waals surface area contributed by atoms with Crippen LogP contribution in [-0.4, -0.2) is 122 Å². The van der Waals surface area contributed by atoms with Crippen molar-refractivity contribution in [2.24, 2.45) is 47.3 Å². The van der Waals surface area contributed by atoms with E-state index >= 15 is 0 Å². The number of rotatable bonds is 0. The zero-order valence-corrected chi connectivity index (χ0v) is 51.2. The minimum Gasteiger partial charge on any atom is -0.286 e. The third-order valence-electron chi connectivity index (χ3n) is 14.3. The minimum absolute atomic E-state index is 0.0137. The topological polar surface area (TPSA) is 96.2 Å². The van der Waals surface area contributed by atoms with Crippen LogP contribution in [0.2, 0.25) is 0 Å². The second-order valence-electron chi connectivity index (χ2n) is 16.8. The fraction of sp³-hybridized carbons (Fsp3) is 1.00. The Balaban J connectivity index is 1.14. The van der Waals surface area contributed by atoms with Gasteiger partial charge in [-0.1, -0.05) is 223 Å². The Kier molecular flexibility index (Phi) is 15.6. The molecule has 9 fully saturated rings. The van der Waals surface area contributed by atoms with E-state index in [1.807, 2.05) is 0 Å². The Morgan fingerprint density at radius 1 is 0.255 bits per heavy atom. The molecule has 31 atom stereocenters. The van der Waals surface area contributed by atoms with Crippen LogP contribution >= 0.6 is 235 Å². The lowest BCUT2D eigenvalue weighted by Crippen LogP contribution is -2.62. The van der Waals surface area contributed by atoms with Gasteiger partial charge in [0.25, 0.3) is 0 Å². The molecule has 23 heteroatoms. The summed E-state index contributed by atoms with van der Waals surface area (Å²) in [7, 11) is 0. The number of fused-ring (bicyclic) bond motifs is 20. The van der Waals surface area contributed by atoms with E-state index in [-0.39, 0.29) is 164 Å². The first-order chi connectivity index (χ1) is 26.0. The van der Waals surface area contributed by atoms with Crippen LogP contribution in [0.3, 0.4) is 0 Å². The van der Waals surface area contributed by atoms with Crippen LogP contribution in [0.5, 0.6) is 0 Å². The molecule has 0 aromatic rings. The Bertz CT molecular complexity index is 1430. The monoisotopic (exact) mass is 1680 g/mol. The van der Waals surface area contributed by atoms with Gasteiger partial charge in [0.05, 0.1) is 49.3 Å². The van der Waals surface area contributed by atoms with E-state index in [0.717, 1.165) is 6.42 Å². The second kappa shape index (κ2) is 18.3. The number of hydrogen-bond acceptors (Lipinski definition) is 8. The molecule has 0 amide bonds. The third kappa shape index (κ3) is 7.90. The van der Waals surface area contributed by atoms with Gasteiger partial charge in [0.15, 0.2) is 0 Å². The van der Waals surface area contributed by atoms with Crippen molar-refractivity contribution in [2.45, 2.75) is 129 Å². The summed E-state index contributed by atoms with van der Waals surface area (Å²) in [5.74, 6) is 2.24. The van der Waals surface area contributed by atoms with Crippen LogP contribution < -0.4 is 42.5 Å². The van der Waals surface area contributed by atoms with Crippen LogP contribution in [-0.2, 0) is 0 Å². The number of alkyl halides is 15. The van der Waals surface area contributed by atoms with Gasteiger partial charge in [0.2, 0.25) is 0 Å². The molecule has 8 N–H and O–H groups in total. The van der Waals surface area contributed by atoms with Crippen molar-refractivity contribution in [2.75, 3.05) is 0 Å². The van der Waals surface area contributed by atoms with Crippen molar-refractivity contribution in [3.63, 3.8) is 0 Å². The molecule has 4 saturated carbocycles. The summed E-state index contributed by atoms with van der Waals surface area (Å²) in [6, 6.07) is 0. The standard InChI is InChI=1S/C32H41Br14ClN8/c33-11-3(47)1-2-4(12(11)34)26-48-25(2)49-27-5-6(14(36)20(42)19(41)13(5)35)29(51-27)53-31-9-10(18(40)24(46)23(45)17(9)39)32(55-31)54-30-8-7(28(50-26)52-30)15(37)21(43)22(44)16(8)38/h2-32,48-55H,1H2. The van der Waals surface area contributed by atoms with E-state index in [0.29, 0.717) is 5.92 Å². The Hall–Kier alpha value is 6.69. The Labute approximate surface area is 446 Å². The van der Waals surface area contributed by atoms with E-state index in [4.69, 9.17) is 11.6 Å². The molecule has 0 spiro atoms. The molecule has 0 radical (unpaired) electrons. The molecule has 5 saturated heterocycles. The average Bonchev–Trinajstić information content (AvgIpc) is 3.89. The van der Waals surface area contributed by atoms with E-state index in [1.165, 1.54) is 0 Å². The first-order valence-electron chi connectivity index (χ1n) is 18.7. The quantitative estimate of drug-likeness (QED) is 0.116. The molecular formula is C32H41Br14ClN8. The van der Waals surface area contributed by atoms with Crippen LogP contribution in [0.4, 0.5) is 0 Å². The van der Waals surface area contributed by atoms with Gasteiger partial charge in [-0.25, -0.2) is 0 Å². The SMILES string of the molecule is ClC1CC2C3NC(NC4NC(NC5NC(NC6NC(N3)C3C(Br)C(Br)C(Br)C(Br)C63)C3C(Br)C(Br)C(Br)C(Br)C53)C3C(Br)C(Br)C(Br)C(Br)C43)C2C(Br)C1Br. The highest BCUT2D eigenvalue weighted by molar-refractivity contribution is 9.16. The zero-order valence-electron chi connectivity index (χ0n) is 28.3. The molecule has 4 aliphatic carbocycles. The normalized spacial score (nSPS) is 65.6. The van der Waals surface area contributed by atoms with Crippen molar-refractivity contribution < 1.29 is 0 Å². The molecule has 55 heavy (non-hydrogen) atoms. The lowest BCUT2D eigenvalue weighted by Gasteiger charge is -2.46. The first kappa shape index (κ1) is 46.8. The van der Waals surface area contributed by atoms with E-state index < -0.39 is 0 Å². The molecule has 9 aliphatic rings. The lowest BCUT2D eigenvalue weighted by molar-refractivity contribution is 0.192. The molecular weight excluding hydrogens is 1650 g/mol. The summed E-state index contributed by atoms with van der Waals surface area (Å²) in [4.78, 5) is 3.10. The van der Waals surface area contributed by atoms with Crippen LogP contribution in [0.15, 0.2) is 0 Å². The molecule has 0 aromatic carbocycles. The highest BCUT2D eigenvalue weighted by atomic mass is 79.9. The Morgan fingerprint density at radius 3 is 0.709 bits per heavy atom. The predicted octanol–water partition coefficient (Wildman–Crippen LogP) is 8.05. The molecule has 0 aromatic heterocycles. The van der Waals surface area contributed by atoms with Crippen molar-refractivity contribution in [1.29, 1.82) is 0 Å². The molecule has 9 rings (SSSR count). The summed E-state index contributed by atoms with van der Waals surface area (Å²) in [6.07, 6.45) is 1.13. The van der Waals surface area contributed by atoms with Gasteiger partial charge in [0, 0.05) is 114 Å². The van der Waals surface area contributed by atoms with Gasteiger partial charge in [-0.15, -0.1) is 11.6 Å². The largest absolute Gasteiger partial charge is 0.286 e.